The van der Waals surface area contributed by atoms with Crippen molar-refractivity contribution >= 4 is 21.9 Å². The molecule has 2 aromatic rings. The Labute approximate surface area is 108 Å². The largest absolute Gasteiger partial charge is 0.478 e. The van der Waals surface area contributed by atoms with Crippen LogP contribution in [0.1, 0.15) is 15.9 Å². The van der Waals surface area contributed by atoms with E-state index in [-0.39, 0.29) is 0 Å². The summed E-state index contributed by atoms with van der Waals surface area (Å²) in [5, 5.41) is 9.19. The second-order valence-corrected chi connectivity index (χ2v) is 4.73. The number of carboxylic acids is 1. The lowest BCUT2D eigenvalue weighted by Crippen LogP contribution is -2.00. The van der Waals surface area contributed by atoms with Crippen LogP contribution in [0.2, 0.25) is 0 Å². The van der Waals surface area contributed by atoms with Crippen molar-refractivity contribution in [2.45, 2.75) is 6.92 Å². The monoisotopic (exact) mass is 290 g/mol. The zero-order valence-electron chi connectivity index (χ0n) is 9.27. The van der Waals surface area contributed by atoms with E-state index in [9.17, 15) is 9.90 Å². The Morgan fingerprint density at radius 1 is 1.12 bits per heavy atom. The molecule has 0 aromatic heterocycles. The molecule has 0 radical (unpaired) electrons. The Kier molecular flexibility index (Phi) is 3.29. The second kappa shape index (κ2) is 4.72. The van der Waals surface area contributed by atoms with E-state index in [1.807, 2.05) is 37.3 Å². The molecule has 0 saturated heterocycles. The van der Waals surface area contributed by atoms with Crippen LogP contribution in [-0.4, -0.2) is 11.1 Å². The maximum atomic E-state index is 11.2. The van der Waals surface area contributed by atoms with Crippen molar-refractivity contribution in [1.29, 1.82) is 0 Å². The maximum absolute atomic E-state index is 11.2. The molecule has 2 rings (SSSR count). The van der Waals surface area contributed by atoms with Crippen molar-refractivity contribution < 1.29 is 9.90 Å². The fraction of sp³-hybridized carbons (Fsp3) is 0.0714. The van der Waals surface area contributed by atoms with Crippen LogP contribution in [0.25, 0.3) is 11.1 Å². The van der Waals surface area contributed by atoms with Crippen LogP contribution in [0.3, 0.4) is 0 Å². The Morgan fingerprint density at radius 3 is 2.47 bits per heavy atom. The molecular weight excluding hydrogens is 280 g/mol. The summed E-state index contributed by atoms with van der Waals surface area (Å²) in [5.74, 6) is -0.907. The fourth-order valence-corrected chi connectivity index (χ4v) is 2.16. The van der Waals surface area contributed by atoms with Gasteiger partial charge in [-0.1, -0.05) is 40.2 Å². The van der Waals surface area contributed by atoms with Gasteiger partial charge in [-0.2, -0.15) is 0 Å². The van der Waals surface area contributed by atoms with E-state index in [0.717, 1.165) is 21.2 Å². The smallest absolute Gasteiger partial charge is 0.336 e. The van der Waals surface area contributed by atoms with E-state index >= 15 is 0 Å². The zero-order chi connectivity index (χ0) is 12.4. The van der Waals surface area contributed by atoms with E-state index in [1.165, 1.54) is 0 Å². The fourth-order valence-electron chi connectivity index (χ4n) is 1.80. The van der Waals surface area contributed by atoms with Gasteiger partial charge in [-0.05, 0) is 41.8 Å². The van der Waals surface area contributed by atoms with E-state index in [1.54, 1.807) is 12.1 Å². The van der Waals surface area contributed by atoms with Gasteiger partial charge in [0.15, 0.2) is 0 Å². The molecule has 86 valence electrons. The van der Waals surface area contributed by atoms with Crippen molar-refractivity contribution in [3.05, 3.63) is 58.1 Å². The van der Waals surface area contributed by atoms with Crippen LogP contribution in [0.4, 0.5) is 0 Å². The zero-order valence-corrected chi connectivity index (χ0v) is 10.9. The number of rotatable bonds is 2. The highest BCUT2D eigenvalue weighted by atomic mass is 79.9. The van der Waals surface area contributed by atoms with Gasteiger partial charge < -0.3 is 5.11 Å². The van der Waals surface area contributed by atoms with Crippen molar-refractivity contribution in [2.24, 2.45) is 0 Å². The topological polar surface area (TPSA) is 37.3 Å². The van der Waals surface area contributed by atoms with Gasteiger partial charge in [-0.15, -0.1) is 0 Å². The minimum atomic E-state index is -0.907. The number of benzene rings is 2. The van der Waals surface area contributed by atoms with Crippen LogP contribution >= 0.6 is 15.9 Å². The molecule has 0 aliphatic carbocycles. The first kappa shape index (κ1) is 11.9. The molecule has 0 unspecified atom stereocenters. The molecular formula is C14H11BrO2. The number of carboxylic acid groups (broad SMARTS) is 1. The highest BCUT2D eigenvalue weighted by Crippen LogP contribution is 2.29. The van der Waals surface area contributed by atoms with Crippen LogP contribution in [0, 0.1) is 6.92 Å². The average Bonchev–Trinajstić information content (AvgIpc) is 2.29. The molecule has 2 nitrogen and oxygen atoms in total. The highest BCUT2D eigenvalue weighted by molar-refractivity contribution is 9.10. The van der Waals surface area contributed by atoms with Crippen molar-refractivity contribution in [1.82, 2.24) is 0 Å². The number of hydrogen-bond acceptors (Lipinski definition) is 1. The second-order valence-electron chi connectivity index (χ2n) is 3.81. The van der Waals surface area contributed by atoms with Gasteiger partial charge in [0.1, 0.15) is 0 Å². The van der Waals surface area contributed by atoms with Gasteiger partial charge in [0.05, 0.1) is 5.56 Å². The molecule has 0 atom stereocenters. The molecule has 17 heavy (non-hydrogen) atoms. The first-order valence-corrected chi connectivity index (χ1v) is 5.98. The first-order valence-electron chi connectivity index (χ1n) is 5.18. The number of halogens is 1. The number of carbonyl (C=O) groups is 1. The average molecular weight is 291 g/mol. The quantitative estimate of drug-likeness (QED) is 0.903. The van der Waals surface area contributed by atoms with Crippen molar-refractivity contribution in [2.75, 3.05) is 0 Å². The van der Waals surface area contributed by atoms with Gasteiger partial charge in [0.25, 0.3) is 0 Å². The van der Waals surface area contributed by atoms with Crippen molar-refractivity contribution in [3.8, 4) is 11.1 Å². The lowest BCUT2D eigenvalue weighted by molar-refractivity contribution is 0.0697. The third-order valence-electron chi connectivity index (χ3n) is 2.65. The molecule has 0 aliphatic heterocycles. The minimum Gasteiger partial charge on any atom is -0.478 e. The summed E-state index contributed by atoms with van der Waals surface area (Å²) >= 11 is 3.37. The number of aromatic carboxylic acids is 1. The molecule has 0 bridgehead atoms. The summed E-state index contributed by atoms with van der Waals surface area (Å²) in [6.45, 7) is 1.97. The van der Waals surface area contributed by atoms with Crippen molar-refractivity contribution in [3.63, 3.8) is 0 Å². The molecule has 0 heterocycles. The number of aryl methyl sites for hydroxylation is 1. The molecule has 0 amide bonds. The van der Waals surface area contributed by atoms with E-state index < -0.39 is 5.97 Å². The Balaban J connectivity index is 2.70. The Bertz CT molecular complexity index is 576. The van der Waals surface area contributed by atoms with Crippen LogP contribution in [0.5, 0.6) is 0 Å². The Hall–Kier alpha value is -1.61. The lowest BCUT2D eigenvalue weighted by atomic mass is 9.96. The number of hydrogen-bond donors (Lipinski definition) is 1. The molecule has 0 fully saturated rings. The van der Waals surface area contributed by atoms with Crippen LogP contribution in [0.15, 0.2) is 46.9 Å². The normalized spacial score (nSPS) is 10.2. The summed E-state index contributed by atoms with van der Waals surface area (Å²) in [7, 11) is 0. The predicted molar refractivity (Wildman–Crippen MR) is 71.3 cm³/mol. The maximum Gasteiger partial charge on any atom is 0.336 e. The third kappa shape index (κ3) is 2.39. The lowest BCUT2D eigenvalue weighted by Gasteiger charge is -2.09. The van der Waals surface area contributed by atoms with Crippen LogP contribution < -0.4 is 0 Å². The van der Waals surface area contributed by atoms with E-state index in [2.05, 4.69) is 15.9 Å². The standard InChI is InChI=1S/C14H11BrO2/c1-9-4-2-3-5-11(9)13-8-10(15)6-7-12(13)14(16)17/h2-8H,1H3,(H,16,17). The highest BCUT2D eigenvalue weighted by Gasteiger charge is 2.13. The molecule has 0 saturated carbocycles. The van der Waals surface area contributed by atoms with E-state index in [4.69, 9.17) is 0 Å². The SMILES string of the molecule is Cc1ccccc1-c1cc(Br)ccc1C(=O)O. The molecule has 0 spiro atoms. The van der Waals surface area contributed by atoms with Gasteiger partial charge >= 0.3 is 5.97 Å². The van der Waals surface area contributed by atoms with Gasteiger partial charge in [0.2, 0.25) is 0 Å². The summed E-state index contributed by atoms with van der Waals surface area (Å²) in [6.07, 6.45) is 0. The minimum absolute atomic E-state index is 0.322. The van der Waals surface area contributed by atoms with Gasteiger partial charge in [-0.3, -0.25) is 0 Å². The van der Waals surface area contributed by atoms with Gasteiger partial charge in [0, 0.05) is 4.47 Å². The van der Waals surface area contributed by atoms with Crippen LogP contribution in [-0.2, 0) is 0 Å². The van der Waals surface area contributed by atoms with Gasteiger partial charge in [-0.25, -0.2) is 4.79 Å². The summed E-state index contributed by atoms with van der Waals surface area (Å²) in [6, 6.07) is 13.0. The third-order valence-corrected chi connectivity index (χ3v) is 3.14. The molecule has 0 aliphatic rings. The Morgan fingerprint density at radius 2 is 1.82 bits per heavy atom. The summed E-state index contributed by atoms with van der Waals surface area (Å²) in [5.41, 5.74) is 3.08. The first-order chi connectivity index (χ1) is 8.09. The summed E-state index contributed by atoms with van der Waals surface area (Å²) in [4.78, 5) is 11.2. The van der Waals surface area contributed by atoms with E-state index in [0.29, 0.717) is 5.56 Å². The molecule has 3 heteroatoms. The molecule has 1 N–H and O–H groups in total. The molecule has 2 aromatic carbocycles. The summed E-state index contributed by atoms with van der Waals surface area (Å²) < 4.78 is 0.876. The predicted octanol–water partition coefficient (Wildman–Crippen LogP) is 4.12.